The molecule has 3 nitrogen and oxygen atoms in total. The first-order chi connectivity index (χ1) is 8.58. The number of piperidine rings is 1. The Hall–Kier alpha value is -0.160. The molecule has 0 N–H and O–H groups in total. The zero-order valence-corrected chi connectivity index (χ0v) is 12.9. The van der Waals surface area contributed by atoms with Gasteiger partial charge in [0.1, 0.15) is 5.01 Å². The van der Waals surface area contributed by atoms with Crippen LogP contribution in [0.3, 0.4) is 0 Å². The number of aromatic nitrogens is 1. The topological polar surface area (TPSA) is 25.4 Å². The summed E-state index contributed by atoms with van der Waals surface area (Å²) in [5.41, 5.74) is 0.967. The van der Waals surface area contributed by atoms with Crippen LogP contribution in [0.4, 0.5) is 0 Å². The minimum absolute atomic E-state index is 0.0148. The first kappa shape index (κ1) is 14.3. The molecule has 1 saturated heterocycles. The Balaban J connectivity index is 2.06. The first-order valence-electron chi connectivity index (χ1n) is 6.37. The van der Waals surface area contributed by atoms with E-state index in [2.05, 4.69) is 29.1 Å². The van der Waals surface area contributed by atoms with Crippen molar-refractivity contribution < 1.29 is 4.74 Å². The van der Waals surface area contributed by atoms with E-state index in [1.165, 1.54) is 6.42 Å². The second-order valence-corrected chi connectivity index (χ2v) is 6.37. The summed E-state index contributed by atoms with van der Waals surface area (Å²) in [5.74, 6) is 0.499. The number of hydrogen-bond donors (Lipinski definition) is 0. The smallest absolute Gasteiger partial charge is 0.110 e. The number of likely N-dealkylation sites (tertiary alicyclic amines) is 1. The lowest BCUT2D eigenvalue weighted by molar-refractivity contribution is -0.0599. The summed E-state index contributed by atoms with van der Waals surface area (Å²) in [6, 6.07) is 0.349. The van der Waals surface area contributed by atoms with Gasteiger partial charge in [0.25, 0.3) is 0 Å². The third kappa shape index (κ3) is 3.05. The van der Waals surface area contributed by atoms with Gasteiger partial charge in [0.15, 0.2) is 0 Å². The average molecular weight is 289 g/mol. The Morgan fingerprint density at radius 1 is 1.67 bits per heavy atom. The third-order valence-electron chi connectivity index (χ3n) is 3.79. The minimum atomic E-state index is -0.0148. The molecule has 2 atom stereocenters. The van der Waals surface area contributed by atoms with Gasteiger partial charge in [0.2, 0.25) is 0 Å². The monoisotopic (exact) mass is 288 g/mol. The largest absolute Gasteiger partial charge is 0.377 e. The number of ether oxygens (including phenoxy) is 1. The fraction of sp³-hybridized carbons (Fsp3) is 0.769. The van der Waals surface area contributed by atoms with Gasteiger partial charge >= 0.3 is 0 Å². The summed E-state index contributed by atoms with van der Waals surface area (Å²) in [7, 11) is 1.81. The second-order valence-electron chi connectivity index (χ2n) is 5.21. The van der Waals surface area contributed by atoms with Gasteiger partial charge in [-0.15, -0.1) is 22.9 Å². The summed E-state index contributed by atoms with van der Waals surface area (Å²) in [6.45, 7) is 6.51. The van der Waals surface area contributed by atoms with Crippen molar-refractivity contribution >= 4 is 22.9 Å². The molecule has 102 valence electrons. The van der Waals surface area contributed by atoms with Crippen molar-refractivity contribution in [1.29, 1.82) is 0 Å². The third-order valence-corrected chi connectivity index (χ3v) is 5.13. The first-order valence-corrected chi connectivity index (χ1v) is 7.79. The number of methoxy groups -OCH3 is 1. The molecule has 0 amide bonds. The van der Waals surface area contributed by atoms with Crippen LogP contribution in [0.15, 0.2) is 5.38 Å². The molecule has 0 bridgehead atoms. The van der Waals surface area contributed by atoms with Crippen molar-refractivity contribution in [2.24, 2.45) is 0 Å². The van der Waals surface area contributed by atoms with Gasteiger partial charge in [0.05, 0.1) is 23.2 Å². The maximum Gasteiger partial charge on any atom is 0.110 e. The molecule has 1 aliphatic rings. The molecule has 1 fully saturated rings. The van der Waals surface area contributed by atoms with E-state index in [9.17, 15) is 0 Å². The van der Waals surface area contributed by atoms with Crippen LogP contribution < -0.4 is 0 Å². The molecule has 2 rings (SSSR count). The molecule has 5 heteroatoms. The van der Waals surface area contributed by atoms with Crippen LogP contribution in [0, 0.1) is 0 Å². The van der Waals surface area contributed by atoms with Crippen molar-refractivity contribution in [3.8, 4) is 0 Å². The van der Waals surface area contributed by atoms with Gasteiger partial charge in [-0.2, -0.15) is 0 Å². The predicted molar refractivity (Wildman–Crippen MR) is 76.3 cm³/mol. The van der Waals surface area contributed by atoms with E-state index in [1.54, 1.807) is 11.3 Å². The number of thiazole rings is 1. The van der Waals surface area contributed by atoms with Gasteiger partial charge in [-0.05, 0) is 33.2 Å². The van der Waals surface area contributed by atoms with Gasteiger partial charge in [-0.3, -0.25) is 4.90 Å². The Kier molecular flexibility index (Phi) is 4.64. The Labute approximate surface area is 118 Å². The van der Waals surface area contributed by atoms with Crippen LogP contribution in [-0.2, 0) is 10.6 Å². The quantitative estimate of drug-likeness (QED) is 0.794. The number of nitrogens with zero attached hydrogens (tertiary/aromatic N) is 2. The van der Waals surface area contributed by atoms with Crippen molar-refractivity contribution in [2.75, 3.05) is 20.2 Å². The van der Waals surface area contributed by atoms with Crippen LogP contribution in [-0.4, -0.2) is 35.7 Å². The number of halogens is 1. The van der Waals surface area contributed by atoms with Gasteiger partial charge in [-0.1, -0.05) is 0 Å². The van der Waals surface area contributed by atoms with Crippen molar-refractivity contribution in [3.63, 3.8) is 0 Å². The van der Waals surface area contributed by atoms with E-state index >= 15 is 0 Å². The summed E-state index contributed by atoms with van der Waals surface area (Å²) in [4.78, 5) is 7.04. The Bertz CT molecular complexity index is 398. The molecule has 1 aromatic heterocycles. The summed E-state index contributed by atoms with van der Waals surface area (Å²) in [6.07, 6.45) is 2.32. The van der Waals surface area contributed by atoms with E-state index in [0.717, 1.165) is 30.2 Å². The van der Waals surface area contributed by atoms with E-state index in [4.69, 9.17) is 16.3 Å². The van der Waals surface area contributed by atoms with E-state index < -0.39 is 0 Å². The number of hydrogen-bond acceptors (Lipinski definition) is 4. The maximum absolute atomic E-state index is 5.81. The van der Waals surface area contributed by atoms with Crippen molar-refractivity contribution in [2.45, 2.75) is 44.2 Å². The van der Waals surface area contributed by atoms with Crippen LogP contribution in [0.5, 0.6) is 0 Å². The van der Waals surface area contributed by atoms with Crippen LogP contribution in [0.1, 0.15) is 43.4 Å². The Morgan fingerprint density at radius 2 is 2.44 bits per heavy atom. The zero-order valence-electron chi connectivity index (χ0n) is 11.3. The highest BCUT2D eigenvalue weighted by atomic mass is 35.5. The molecule has 1 aliphatic heterocycles. The fourth-order valence-corrected chi connectivity index (χ4v) is 3.61. The van der Waals surface area contributed by atoms with Gasteiger partial charge < -0.3 is 4.74 Å². The standard InChI is InChI=1S/C13H21ClN2OS/c1-10(12-15-11(7-14)8-18-12)16-6-4-5-13(2,9-16)17-3/h8,10H,4-7,9H2,1-3H3. The minimum Gasteiger partial charge on any atom is -0.377 e. The maximum atomic E-state index is 5.81. The van der Waals surface area contributed by atoms with E-state index in [1.807, 2.05) is 7.11 Å². The lowest BCUT2D eigenvalue weighted by Gasteiger charge is -2.41. The number of rotatable bonds is 4. The molecule has 0 aromatic carbocycles. The van der Waals surface area contributed by atoms with E-state index in [-0.39, 0.29) is 5.60 Å². The molecule has 2 heterocycles. The highest BCUT2D eigenvalue weighted by Gasteiger charge is 2.33. The molecular formula is C13H21ClN2OS. The molecule has 1 aromatic rings. The highest BCUT2D eigenvalue weighted by molar-refractivity contribution is 7.09. The molecular weight excluding hydrogens is 268 g/mol. The van der Waals surface area contributed by atoms with Crippen LogP contribution in [0.2, 0.25) is 0 Å². The average Bonchev–Trinajstić information content (AvgIpc) is 2.86. The Morgan fingerprint density at radius 3 is 3.06 bits per heavy atom. The highest BCUT2D eigenvalue weighted by Crippen LogP contribution is 2.31. The molecule has 0 saturated carbocycles. The summed E-state index contributed by atoms with van der Waals surface area (Å²) >= 11 is 7.51. The molecule has 0 aliphatic carbocycles. The summed E-state index contributed by atoms with van der Waals surface area (Å²) < 4.78 is 5.64. The summed E-state index contributed by atoms with van der Waals surface area (Å²) in [5, 5.41) is 3.21. The molecule has 18 heavy (non-hydrogen) atoms. The normalized spacial score (nSPS) is 27.3. The van der Waals surface area contributed by atoms with Crippen LogP contribution >= 0.6 is 22.9 Å². The predicted octanol–water partition coefficient (Wildman–Crippen LogP) is 3.44. The lowest BCUT2D eigenvalue weighted by atomic mass is 9.94. The molecule has 2 unspecified atom stereocenters. The molecule has 0 spiro atoms. The SMILES string of the molecule is COC1(C)CCCN(C(C)c2nc(CCl)cs2)C1. The van der Waals surface area contributed by atoms with Crippen LogP contribution in [0.25, 0.3) is 0 Å². The van der Waals surface area contributed by atoms with Crippen molar-refractivity contribution in [3.05, 3.63) is 16.1 Å². The van der Waals surface area contributed by atoms with Gasteiger partial charge in [0, 0.05) is 19.0 Å². The van der Waals surface area contributed by atoms with Gasteiger partial charge in [-0.25, -0.2) is 4.98 Å². The number of alkyl halides is 1. The van der Waals surface area contributed by atoms with Crippen molar-refractivity contribution in [1.82, 2.24) is 9.88 Å². The fourth-order valence-electron chi connectivity index (χ4n) is 2.47. The van der Waals surface area contributed by atoms with E-state index in [0.29, 0.717) is 11.9 Å². The molecule has 0 radical (unpaired) electrons. The second kappa shape index (κ2) is 5.87. The zero-order chi connectivity index (χ0) is 13.2. The lowest BCUT2D eigenvalue weighted by Crippen LogP contribution is -2.48.